The minimum absolute atomic E-state index is 0.0540. The number of nitrogens with zero attached hydrogens (tertiary/aromatic N) is 2. The van der Waals surface area contributed by atoms with Crippen LogP contribution in [0.2, 0.25) is 15.1 Å². The molecule has 0 unspecified atom stereocenters. The van der Waals surface area contributed by atoms with E-state index in [0.717, 1.165) is 0 Å². The molecule has 0 aliphatic heterocycles. The molecule has 8 nitrogen and oxygen atoms in total. The first-order chi connectivity index (χ1) is 14.2. The fourth-order valence-corrected chi connectivity index (χ4v) is 3.22. The van der Waals surface area contributed by atoms with E-state index >= 15 is 0 Å². The monoisotopic (exact) mass is 466 g/mol. The zero-order valence-corrected chi connectivity index (χ0v) is 17.5. The number of carboxylic acids is 1. The Morgan fingerprint density at radius 2 is 1.67 bits per heavy atom. The van der Waals surface area contributed by atoms with Crippen LogP contribution in [0.15, 0.2) is 42.5 Å². The van der Waals surface area contributed by atoms with Crippen LogP contribution in [-0.4, -0.2) is 32.7 Å². The van der Waals surface area contributed by atoms with E-state index in [1.54, 1.807) is 54.8 Å². The fraction of sp³-hybridized carbons (Fsp3) is 0.0526. The van der Waals surface area contributed by atoms with Crippen LogP contribution in [-0.2, 0) is 9.59 Å². The van der Waals surface area contributed by atoms with Crippen molar-refractivity contribution < 1.29 is 19.5 Å². The van der Waals surface area contributed by atoms with E-state index in [1.165, 1.54) is 4.68 Å². The number of benzene rings is 2. The Bertz CT molecular complexity index is 1160. The molecule has 3 aromatic rings. The molecule has 1 aromatic heterocycles. The second-order valence-corrected chi connectivity index (χ2v) is 7.25. The Balaban J connectivity index is 2.13. The average Bonchev–Trinajstić information content (AvgIpc) is 3.05. The molecule has 0 radical (unpaired) electrons. The maximum absolute atomic E-state index is 12.6. The number of carbonyl (C=O) groups excluding carboxylic acids is 2. The van der Waals surface area contributed by atoms with Crippen molar-refractivity contribution >= 4 is 52.6 Å². The predicted molar refractivity (Wildman–Crippen MR) is 112 cm³/mol. The quantitative estimate of drug-likeness (QED) is 0.402. The summed E-state index contributed by atoms with van der Waals surface area (Å²) in [4.78, 5) is 34.4. The molecule has 0 saturated carbocycles. The maximum atomic E-state index is 12.6. The van der Waals surface area contributed by atoms with Crippen molar-refractivity contribution in [1.82, 2.24) is 20.6 Å². The smallest absolute Gasteiger partial charge is 0.396 e. The predicted octanol–water partition coefficient (Wildman–Crippen LogP) is 3.65. The maximum Gasteiger partial charge on any atom is 0.396 e. The number of aromatic nitrogens is 2. The van der Waals surface area contributed by atoms with Gasteiger partial charge >= 0.3 is 11.9 Å². The van der Waals surface area contributed by atoms with Crippen molar-refractivity contribution in [3.8, 4) is 16.9 Å². The van der Waals surface area contributed by atoms with E-state index in [4.69, 9.17) is 39.9 Å². The van der Waals surface area contributed by atoms with E-state index in [1.807, 2.05) is 5.43 Å². The minimum atomic E-state index is -1.75. The third kappa shape index (κ3) is 4.25. The number of hydrogen-bond donors (Lipinski definition) is 3. The number of hydrazine groups is 1. The summed E-state index contributed by atoms with van der Waals surface area (Å²) in [6.07, 6.45) is 0. The first-order valence-electron chi connectivity index (χ1n) is 8.34. The van der Waals surface area contributed by atoms with E-state index in [0.29, 0.717) is 32.6 Å². The number of amides is 2. The van der Waals surface area contributed by atoms with Gasteiger partial charge in [0.15, 0.2) is 5.69 Å². The first-order valence-corrected chi connectivity index (χ1v) is 9.47. The highest BCUT2D eigenvalue weighted by Gasteiger charge is 2.24. The van der Waals surface area contributed by atoms with Crippen LogP contribution in [0.25, 0.3) is 16.9 Å². The van der Waals surface area contributed by atoms with Gasteiger partial charge in [-0.2, -0.15) is 5.10 Å². The molecule has 0 aliphatic carbocycles. The lowest BCUT2D eigenvalue weighted by atomic mass is 10.1. The van der Waals surface area contributed by atoms with Crippen LogP contribution in [0.4, 0.5) is 0 Å². The second kappa shape index (κ2) is 8.74. The highest BCUT2D eigenvalue weighted by Crippen LogP contribution is 2.34. The Morgan fingerprint density at radius 1 is 1.00 bits per heavy atom. The standard InChI is InChI=1S/C19H13Cl3N4O4/c1-9-15(17(27)23-24-18(28)19(29)30)25-26(13-4-2-3-12(21)14(13)22)16(9)10-5-7-11(20)8-6-10/h2-8H,1H3,(H,23,27)(H,24,28)(H,29,30). The molecule has 3 N–H and O–H groups in total. The lowest BCUT2D eigenvalue weighted by Crippen LogP contribution is -2.45. The molecule has 30 heavy (non-hydrogen) atoms. The lowest BCUT2D eigenvalue weighted by molar-refractivity contribution is -0.150. The normalized spacial score (nSPS) is 10.5. The van der Waals surface area contributed by atoms with Crippen LogP contribution in [0.1, 0.15) is 16.1 Å². The molecule has 0 aliphatic rings. The number of nitrogens with one attached hydrogen (secondary N) is 2. The summed E-state index contributed by atoms with van der Waals surface area (Å²) in [6, 6.07) is 11.8. The number of carbonyl (C=O) groups is 3. The van der Waals surface area contributed by atoms with Crippen molar-refractivity contribution in [2.75, 3.05) is 0 Å². The Labute approximate surface area is 185 Å². The van der Waals surface area contributed by atoms with Gasteiger partial charge in [0.05, 0.1) is 21.4 Å². The van der Waals surface area contributed by atoms with Gasteiger partial charge in [-0.1, -0.05) is 53.0 Å². The van der Waals surface area contributed by atoms with E-state index in [2.05, 4.69) is 5.10 Å². The van der Waals surface area contributed by atoms with E-state index in [9.17, 15) is 14.4 Å². The number of hydrogen-bond acceptors (Lipinski definition) is 4. The van der Waals surface area contributed by atoms with Crippen molar-refractivity contribution in [2.24, 2.45) is 0 Å². The number of rotatable bonds is 3. The molecule has 3 rings (SSSR count). The Kier molecular flexibility index (Phi) is 6.31. The zero-order valence-electron chi connectivity index (χ0n) is 15.2. The van der Waals surface area contributed by atoms with Gasteiger partial charge in [0.25, 0.3) is 5.91 Å². The lowest BCUT2D eigenvalue weighted by Gasteiger charge is -2.11. The molecule has 2 aromatic carbocycles. The molecule has 0 saturated heterocycles. The number of aliphatic carboxylic acids is 1. The molecular weight excluding hydrogens is 455 g/mol. The molecule has 0 atom stereocenters. The van der Waals surface area contributed by atoms with Crippen LogP contribution in [0.3, 0.4) is 0 Å². The molecular formula is C19H13Cl3N4O4. The summed E-state index contributed by atoms with van der Waals surface area (Å²) in [5.41, 5.74) is 5.86. The van der Waals surface area contributed by atoms with E-state index < -0.39 is 17.8 Å². The van der Waals surface area contributed by atoms with Gasteiger partial charge in [-0.3, -0.25) is 20.4 Å². The highest BCUT2D eigenvalue weighted by molar-refractivity contribution is 6.43. The second-order valence-electron chi connectivity index (χ2n) is 6.03. The SMILES string of the molecule is Cc1c(C(=O)NNC(=O)C(=O)O)nn(-c2cccc(Cl)c2Cl)c1-c1ccc(Cl)cc1. The summed E-state index contributed by atoms with van der Waals surface area (Å²) in [6.45, 7) is 1.65. The molecule has 1 heterocycles. The van der Waals surface area contributed by atoms with Gasteiger partial charge in [-0.25, -0.2) is 9.48 Å². The topological polar surface area (TPSA) is 113 Å². The molecule has 0 spiro atoms. The van der Waals surface area contributed by atoms with Crippen LogP contribution < -0.4 is 10.9 Å². The van der Waals surface area contributed by atoms with Gasteiger partial charge in [-0.15, -0.1) is 0 Å². The largest absolute Gasteiger partial charge is 0.474 e. The molecule has 11 heteroatoms. The van der Waals surface area contributed by atoms with Crippen molar-refractivity contribution in [2.45, 2.75) is 6.92 Å². The van der Waals surface area contributed by atoms with Crippen molar-refractivity contribution in [3.05, 3.63) is 68.8 Å². The third-order valence-electron chi connectivity index (χ3n) is 4.10. The first kappa shape index (κ1) is 21.6. The minimum Gasteiger partial charge on any atom is -0.474 e. The summed E-state index contributed by atoms with van der Waals surface area (Å²) in [7, 11) is 0. The van der Waals surface area contributed by atoms with Gasteiger partial charge < -0.3 is 5.11 Å². The molecule has 2 amide bonds. The zero-order chi connectivity index (χ0) is 22.0. The summed E-state index contributed by atoms with van der Waals surface area (Å²) in [5.74, 6) is -3.95. The summed E-state index contributed by atoms with van der Waals surface area (Å²) < 4.78 is 1.45. The average molecular weight is 468 g/mol. The van der Waals surface area contributed by atoms with Crippen molar-refractivity contribution in [3.63, 3.8) is 0 Å². The van der Waals surface area contributed by atoms with E-state index in [-0.39, 0.29) is 10.7 Å². The van der Waals surface area contributed by atoms with Crippen LogP contribution >= 0.6 is 34.8 Å². The molecule has 0 fully saturated rings. The number of carboxylic acid groups (broad SMARTS) is 1. The van der Waals surface area contributed by atoms with Gasteiger partial charge in [0, 0.05) is 16.1 Å². The van der Waals surface area contributed by atoms with Gasteiger partial charge in [0.1, 0.15) is 0 Å². The highest BCUT2D eigenvalue weighted by atomic mass is 35.5. The fourth-order valence-electron chi connectivity index (χ4n) is 2.71. The van der Waals surface area contributed by atoms with Gasteiger partial charge in [0.2, 0.25) is 0 Å². The Morgan fingerprint density at radius 3 is 2.30 bits per heavy atom. The number of halogens is 3. The summed E-state index contributed by atoms with van der Waals surface area (Å²) in [5, 5.41) is 14.0. The van der Waals surface area contributed by atoms with Crippen LogP contribution in [0.5, 0.6) is 0 Å². The van der Waals surface area contributed by atoms with Crippen LogP contribution in [0, 0.1) is 6.92 Å². The third-order valence-corrected chi connectivity index (χ3v) is 5.16. The van der Waals surface area contributed by atoms with Crippen molar-refractivity contribution in [1.29, 1.82) is 0 Å². The molecule has 0 bridgehead atoms. The molecule has 154 valence electrons. The summed E-state index contributed by atoms with van der Waals surface area (Å²) >= 11 is 18.5. The Hall–Kier alpha value is -3.07. The van der Waals surface area contributed by atoms with Gasteiger partial charge in [-0.05, 0) is 31.2 Å².